The van der Waals surface area contributed by atoms with E-state index in [0.717, 1.165) is 97.4 Å². The molecule has 0 saturated carbocycles. The summed E-state index contributed by atoms with van der Waals surface area (Å²) in [5.41, 5.74) is 10.5. The number of hydrogen-bond donors (Lipinski definition) is 0. The lowest BCUT2D eigenvalue weighted by Gasteiger charge is -2.15. The van der Waals surface area contributed by atoms with Gasteiger partial charge in [-0.05, 0) is 93.1 Å². The number of nitrogens with zero attached hydrogens (tertiary/aromatic N) is 4. The number of hydrogen-bond acceptors (Lipinski definition) is 5. The number of fused-ring (bicyclic) bond motifs is 10. The smallest absolute Gasteiger partial charge is 0.166 e. The molecule has 4 aromatic heterocycles. The number of furan rings is 1. The van der Waals surface area contributed by atoms with Gasteiger partial charge in [0, 0.05) is 64.0 Å². The summed E-state index contributed by atoms with van der Waals surface area (Å²) in [6.45, 7) is 0. The molecule has 11 aromatic carbocycles. The van der Waals surface area contributed by atoms with Crippen LogP contribution < -0.4 is 0 Å². The summed E-state index contributed by atoms with van der Waals surface area (Å²) in [6.07, 6.45) is 0. The minimum atomic E-state index is -0.471. The molecule has 0 atom stereocenters. The molecular formula is C67H40N4OS. The monoisotopic (exact) mass is 955 g/mol. The van der Waals surface area contributed by atoms with Gasteiger partial charge >= 0.3 is 0 Å². The molecule has 15 aromatic rings. The van der Waals surface area contributed by atoms with E-state index < -0.39 is 12.1 Å². The highest BCUT2D eigenvalue weighted by molar-refractivity contribution is 7.26. The van der Waals surface area contributed by atoms with Crippen LogP contribution in [0.5, 0.6) is 0 Å². The summed E-state index contributed by atoms with van der Waals surface area (Å²) in [6, 6.07) is 64.9. The van der Waals surface area contributed by atoms with E-state index in [4.69, 9.17) is 26.2 Å². The minimum Gasteiger partial charge on any atom is -0.455 e. The van der Waals surface area contributed by atoms with Crippen molar-refractivity contribution in [3.05, 3.63) is 242 Å². The van der Waals surface area contributed by atoms with Crippen LogP contribution in [0.4, 0.5) is 0 Å². The zero-order valence-electron chi connectivity index (χ0n) is 45.7. The lowest BCUT2D eigenvalue weighted by molar-refractivity contribution is 0.670. The van der Waals surface area contributed by atoms with E-state index in [-0.39, 0.29) is 57.8 Å². The lowest BCUT2D eigenvalue weighted by Crippen LogP contribution is -2.03. The molecule has 0 aliphatic carbocycles. The van der Waals surface area contributed by atoms with Crippen LogP contribution in [0.2, 0.25) is 0 Å². The molecule has 0 N–H and O–H groups in total. The van der Waals surface area contributed by atoms with Crippen LogP contribution >= 0.6 is 11.3 Å². The highest BCUT2D eigenvalue weighted by atomic mass is 32.1. The van der Waals surface area contributed by atoms with Gasteiger partial charge in [-0.2, -0.15) is 0 Å². The third-order valence-electron chi connectivity index (χ3n) is 14.0. The van der Waals surface area contributed by atoms with E-state index in [2.05, 4.69) is 115 Å². The van der Waals surface area contributed by atoms with Crippen LogP contribution in [0, 0.1) is 0 Å². The maximum atomic E-state index is 9.29. The van der Waals surface area contributed by atoms with Crippen molar-refractivity contribution >= 4 is 86.0 Å². The first-order chi connectivity index (χ1) is 39.1. The molecule has 4 heterocycles. The van der Waals surface area contributed by atoms with Gasteiger partial charge in [-0.1, -0.05) is 188 Å². The molecule has 0 fully saturated rings. The van der Waals surface area contributed by atoms with Gasteiger partial charge in [0.2, 0.25) is 0 Å². The predicted octanol–water partition coefficient (Wildman–Crippen LogP) is 18.4. The van der Waals surface area contributed by atoms with E-state index in [0.29, 0.717) is 22.9 Å². The Balaban J connectivity index is 0.918. The second kappa shape index (κ2) is 16.6. The molecule has 5 nitrogen and oxygen atoms in total. The second-order valence-corrected chi connectivity index (χ2v) is 19.2. The van der Waals surface area contributed by atoms with Crippen LogP contribution in [0.1, 0.15) is 9.60 Å². The molecular weight excluding hydrogens is 909 g/mol. The zero-order valence-corrected chi connectivity index (χ0v) is 39.5. The van der Waals surface area contributed by atoms with E-state index in [1.165, 1.54) is 6.07 Å². The predicted molar refractivity (Wildman–Crippen MR) is 304 cm³/mol. The van der Waals surface area contributed by atoms with E-state index in [1.54, 1.807) is 22.0 Å². The summed E-state index contributed by atoms with van der Waals surface area (Å²) < 4.78 is 73.2. The van der Waals surface area contributed by atoms with Gasteiger partial charge < -0.3 is 8.98 Å². The van der Waals surface area contributed by atoms with Gasteiger partial charge in [0.05, 0.1) is 26.3 Å². The summed E-state index contributed by atoms with van der Waals surface area (Å²) in [4.78, 5) is 15.8. The largest absolute Gasteiger partial charge is 0.455 e. The molecule has 0 amide bonds. The Morgan fingerprint density at radius 3 is 1.84 bits per heavy atom. The van der Waals surface area contributed by atoms with Crippen molar-refractivity contribution in [2.24, 2.45) is 0 Å². The average Bonchev–Trinajstić information content (AvgIpc) is 4.36. The first kappa shape index (κ1) is 34.7. The van der Waals surface area contributed by atoms with Gasteiger partial charge in [-0.25, -0.2) is 15.0 Å². The van der Waals surface area contributed by atoms with Crippen molar-refractivity contribution in [3.63, 3.8) is 0 Å². The SMILES string of the molecule is [2H]c1cc([2H])c2c(c1[2H])c1c([2H])c([2H])c([2H])c([2H])c1n2-c1ccccc1-c1nc(-c2cccc(-c3cccc4ccccc34)c2)nc(-c2cccc(-c3cccc4c3sc3ccc(-c5cccc6c5oc5ccccc56)cc34)c2)n1. The van der Waals surface area contributed by atoms with Crippen LogP contribution in [0.15, 0.2) is 247 Å². The fourth-order valence-electron chi connectivity index (χ4n) is 10.6. The topological polar surface area (TPSA) is 56.7 Å². The number of benzene rings is 11. The Hall–Kier alpha value is -9.49. The third kappa shape index (κ3) is 6.72. The second-order valence-electron chi connectivity index (χ2n) is 18.1. The molecule has 6 heteroatoms. The number of aromatic nitrogens is 4. The van der Waals surface area contributed by atoms with E-state index in [1.807, 2.05) is 72.8 Å². The maximum Gasteiger partial charge on any atom is 0.166 e. The van der Waals surface area contributed by atoms with Crippen LogP contribution in [-0.2, 0) is 0 Å². The van der Waals surface area contributed by atoms with E-state index in [9.17, 15) is 2.74 Å². The standard InChI is InChI=1S/C67H40N4OS/c1-2-22-47-41(16-1)17-13-27-48(47)42-18-11-20-45(38-42)65-68-66(70-67(69-65)56-26-5-9-34-60(56)71-58-32-7-3-23-51(58)52-24-4-8-33-59(52)71)46-21-12-19-43(39-46)50-29-15-31-55-57-40-44(36-37-62(57)73-64(50)55)49-28-14-30-54-53-25-6-10-35-61(53)72-63(49)54/h1-40H/i3D,4D,7D,23D,24D,32D,33D. The van der Waals surface area contributed by atoms with Gasteiger partial charge in [-0.3, -0.25) is 0 Å². The Kier molecular flexibility index (Phi) is 7.88. The van der Waals surface area contributed by atoms with E-state index >= 15 is 0 Å². The molecule has 340 valence electrons. The fourth-order valence-corrected chi connectivity index (χ4v) is 11.8. The summed E-state index contributed by atoms with van der Waals surface area (Å²) >= 11 is 1.75. The first-order valence-electron chi connectivity index (χ1n) is 27.5. The molecule has 0 aliphatic heterocycles. The van der Waals surface area contributed by atoms with Gasteiger partial charge in [0.15, 0.2) is 17.5 Å². The van der Waals surface area contributed by atoms with Crippen molar-refractivity contribution in [1.82, 2.24) is 19.5 Å². The Bertz CT molecular complexity index is 5140. The van der Waals surface area contributed by atoms with Crippen LogP contribution in [0.3, 0.4) is 0 Å². The lowest BCUT2D eigenvalue weighted by atomic mass is 9.97. The zero-order chi connectivity index (χ0) is 54.1. The van der Waals surface area contributed by atoms with Crippen molar-refractivity contribution < 1.29 is 14.0 Å². The molecule has 0 aliphatic rings. The highest BCUT2D eigenvalue weighted by Crippen LogP contribution is 2.44. The Labute approximate surface area is 433 Å². The Morgan fingerprint density at radius 2 is 0.973 bits per heavy atom. The van der Waals surface area contributed by atoms with Gasteiger partial charge in [0.25, 0.3) is 0 Å². The first-order valence-corrected chi connectivity index (χ1v) is 24.8. The molecule has 0 unspecified atom stereocenters. The van der Waals surface area contributed by atoms with Crippen molar-refractivity contribution in [1.29, 1.82) is 0 Å². The number of thiophene rings is 1. The number of rotatable bonds is 7. The summed E-state index contributed by atoms with van der Waals surface area (Å²) in [7, 11) is 0. The average molecular weight is 956 g/mol. The summed E-state index contributed by atoms with van der Waals surface area (Å²) in [5.74, 6) is 1.06. The quantitative estimate of drug-likeness (QED) is 0.160. The number of para-hydroxylation sites is 5. The fraction of sp³-hybridized carbons (Fsp3) is 0. The molecule has 0 saturated heterocycles. The maximum absolute atomic E-state index is 9.29. The molecule has 15 rings (SSSR count). The minimum absolute atomic E-state index is 0.0573. The molecule has 0 radical (unpaired) electrons. The van der Waals surface area contributed by atoms with Crippen LogP contribution in [0.25, 0.3) is 148 Å². The van der Waals surface area contributed by atoms with Gasteiger partial charge in [0.1, 0.15) is 11.2 Å². The Morgan fingerprint density at radius 1 is 0.384 bits per heavy atom. The normalized spacial score (nSPS) is 13.2. The summed E-state index contributed by atoms with van der Waals surface area (Å²) in [5, 5.41) is 6.84. The highest BCUT2D eigenvalue weighted by Gasteiger charge is 2.21. The van der Waals surface area contributed by atoms with Gasteiger partial charge in [-0.15, -0.1) is 11.3 Å². The third-order valence-corrected chi connectivity index (χ3v) is 15.2. The van der Waals surface area contributed by atoms with Crippen LogP contribution in [-0.4, -0.2) is 19.5 Å². The molecule has 0 spiro atoms. The van der Waals surface area contributed by atoms with Crippen molar-refractivity contribution in [2.45, 2.75) is 0 Å². The molecule has 0 bridgehead atoms. The van der Waals surface area contributed by atoms with Crippen molar-refractivity contribution in [3.8, 4) is 73.2 Å². The molecule has 73 heavy (non-hydrogen) atoms. The van der Waals surface area contributed by atoms with Crippen molar-refractivity contribution in [2.75, 3.05) is 0 Å².